The lowest BCUT2D eigenvalue weighted by atomic mass is 9.69. The molecule has 0 spiro atoms. The molecule has 0 saturated heterocycles. The van der Waals surface area contributed by atoms with Gasteiger partial charge in [-0.25, -0.2) is 0 Å². The normalized spacial score (nSPS) is 31.5. The summed E-state index contributed by atoms with van der Waals surface area (Å²) in [6, 6.07) is 0.462. The van der Waals surface area contributed by atoms with E-state index in [0.29, 0.717) is 18.5 Å². The Morgan fingerprint density at radius 3 is 2.71 bits per heavy atom. The summed E-state index contributed by atoms with van der Waals surface area (Å²) in [5.41, 5.74) is -0.504. The highest BCUT2D eigenvalue weighted by Crippen LogP contribution is 2.40. The number of carboxylic acid groups (broad SMARTS) is 1. The molecule has 0 aromatic heterocycles. The molecule has 17 heavy (non-hydrogen) atoms. The molecule has 3 heteroatoms. The molecule has 0 aromatic carbocycles. The molecule has 1 aliphatic carbocycles. The van der Waals surface area contributed by atoms with Gasteiger partial charge in [-0.2, -0.15) is 0 Å². The predicted octanol–water partition coefficient (Wildman–Crippen LogP) is 3.00. The van der Waals surface area contributed by atoms with E-state index in [1.54, 1.807) is 0 Å². The maximum Gasteiger partial charge on any atom is 0.310 e. The Morgan fingerprint density at radius 2 is 2.24 bits per heavy atom. The van der Waals surface area contributed by atoms with Crippen molar-refractivity contribution in [3.8, 4) is 0 Å². The third-order valence-electron chi connectivity index (χ3n) is 4.44. The number of carboxylic acids is 1. The van der Waals surface area contributed by atoms with Crippen molar-refractivity contribution in [2.75, 3.05) is 13.6 Å². The van der Waals surface area contributed by atoms with Gasteiger partial charge in [-0.05, 0) is 39.2 Å². The molecule has 0 aromatic rings. The van der Waals surface area contributed by atoms with Gasteiger partial charge in [0.15, 0.2) is 0 Å². The van der Waals surface area contributed by atoms with Crippen molar-refractivity contribution in [2.45, 2.75) is 58.9 Å². The summed E-state index contributed by atoms with van der Waals surface area (Å²) in [4.78, 5) is 13.9. The van der Waals surface area contributed by atoms with E-state index in [0.717, 1.165) is 25.7 Å². The lowest BCUT2D eigenvalue weighted by molar-refractivity contribution is -0.153. The number of carbonyl (C=O) groups is 1. The average molecular weight is 241 g/mol. The van der Waals surface area contributed by atoms with Gasteiger partial charge < -0.3 is 10.0 Å². The van der Waals surface area contributed by atoms with Crippen LogP contribution in [0.15, 0.2) is 0 Å². The summed E-state index contributed by atoms with van der Waals surface area (Å²) in [5, 5.41) is 9.58. The van der Waals surface area contributed by atoms with Gasteiger partial charge in [0, 0.05) is 12.6 Å². The smallest absolute Gasteiger partial charge is 0.310 e. The zero-order valence-corrected chi connectivity index (χ0v) is 11.7. The van der Waals surface area contributed by atoms with Gasteiger partial charge in [-0.15, -0.1) is 0 Å². The molecule has 1 rings (SSSR count). The third-order valence-corrected chi connectivity index (χ3v) is 4.44. The van der Waals surface area contributed by atoms with Crippen LogP contribution in [0.2, 0.25) is 0 Å². The van der Waals surface area contributed by atoms with E-state index in [4.69, 9.17) is 0 Å². The van der Waals surface area contributed by atoms with Crippen LogP contribution in [0, 0.1) is 11.3 Å². The highest BCUT2D eigenvalue weighted by atomic mass is 16.4. The van der Waals surface area contributed by atoms with Crippen molar-refractivity contribution >= 4 is 5.97 Å². The first-order valence-electron chi connectivity index (χ1n) is 6.85. The Kier molecular flexibility index (Phi) is 4.99. The lowest BCUT2D eigenvalue weighted by Gasteiger charge is -2.40. The van der Waals surface area contributed by atoms with Gasteiger partial charge in [-0.3, -0.25) is 4.79 Å². The summed E-state index contributed by atoms with van der Waals surface area (Å²) in [7, 11) is 2.05. The summed E-state index contributed by atoms with van der Waals surface area (Å²) in [6.45, 7) is 7.20. The Morgan fingerprint density at radius 1 is 1.59 bits per heavy atom. The SMILES string of the molecule is CCC(C)N(C)CC1(C(=O)O)CCCC(C)C1. The molecular weight excluding hydrogens is 214 g/mol. The van der Waals surface area contributed by atoms with E-state index in [-0.39, 0.29) is 0 Å². The summed E-state index contributed by atoms with van der Waals surface area (Å²) < 4.78 is 0. The molecule has 0 radical (unpaired) electrons. The van der Waals surface area contributed by atoms with E-state index in [1.165, 1.54) is 6.42 Å². The number of hydrogen-bond acceptors (Lipinski definition) is 2. The summed E-state index contributed by atoms with van der Waals surface area (Å²) >= 11 is 0. The molecule has 1 fully saturated rings. The van der Waals surface area contributed by atoms with Crippen molar-refractivity contribution < 1.29 is 9.90 Å². The maximum absolute atomic E-state index is 11.6. The largest absolute Gasteiger partial charge is 0.481 e. The number of nitrogens with zero attached hydrogens (tertiary/aromatic N) is 1. The third kappa shape index (κ3) is 3.44. The molecule has 0 bridgehead atoms. The van der Waals surface area contributed by atoms with Crippen LogP contribution in [0.5, 0.6) is 0 Å². The summed E-state index contributed by atoms with van der Waals surface area (Å²) in [6.07, 6.45) is 4.99. The van der Waals surface area contributed by atoms with E-state index >= 15 is 0 Å². The van der Waals surface area contributed by atoms with Gasteiger partial charge in [0.25, 0.3) is 0 Å². The second kappa shape index (κ2) is 5.85. The van der Waals surface area contributed by atoms with Crippen molar-refractivity contribution in [2.24, 2.45) is 11.3 Å². The Balaban J connectivity index is 2.75. The van der Waals surface area contributed by atoms with Crippen LogP contribution in [0.4, 0.5) is 0 Å². The van der Waals surface area contributed by atoms with Crippen LogP contribution < -0.4 is 0 Å². The quantitative estimate of drug-likeness (QED) is 0.804. The molecule has 0 aliphatic heterocycles. The van der Waals surface area contributed by atoms with Gasteiger partial charge in [0.2, 0.25) is 0 Å². The van der Waals surface area contributed by atoms with Gasteiger partial charge in [-0.1, -0.05) is 26.7 Å². The zero-order chi connectivity index (χ0) is 13.1. The van der Waals surface area contributed by atoms with Gasteiger partial charge in [0.05, 0.1) is 5.41 Å². The highest BCUT2D eigenvalue weighted by Gasteiger charge is 2.42. The minimum absolute atomic E-state index is 0.462. The molecular formula is C14H27NO2. The van der Waals surface area contributed by atoms with Crippen LogP contribution in [0.25, 0.3) is 0 Å². The second-order valence-electron chi connectivity index (χ2n) is 5.96. The minimum atomic E-state index is -0.598. The minimum Gasteiger partial charge on any atom is -0.481 e. The molecule has 3 unspecified atom stereocenters. The molecule has 1 N–H and O–H groups in total. The second-order valence-corrected chi connectivity index (χ2v) is 5.96. The predicted molar refractivity (Wildman–Crippen MR) is 70.1 cm³/mol. The number of rotatable bonds is 5. The monoisotopic (exact) mass is 241 g/mol. The first kappa shape index (κ1) is 14.5. The van der Waals surface area contributed by atoms with Gasteiger partial charge in [0.1, 0.15) is 0 Å². The van der Waals surface area contributed by atoms with Crippen LogP contribution >= 0.6 is 0 Å². The fraction of sp³-hybridized carbons (Fsp3) is 0.929. The Bertz CT molecular complexity index is 267. The first-order chi connectivity index (χ1) is 7.91. The van der Waals surface area contributed by atoms with Crippen LogP contribution in [-0.2, 0) is 4.79 Å². The number of aliphatic carboxylic acids is 1. The van der Waals surface area contributed by atoms with E-state index < -0.39 is 11.4 Å². The van der Waals surface area contributed by atoms with Crippen LogP contribution in [0.3, 0.4) is 0 Å². The Labute approximate surface area is 105 Å². The molecule has 1 aliphatic rings. The van der Waals surface area contributed by atoms with E-state index in [1.807, 2.05) is 0 Å². The van der Waals surface area contributed by atoms with Crippen LogP contribution in [0.1, 0.15) is 52.9 Å². The molecule has 0 heterocycles. The first-order valence-corrected chi connectivity index (χ1v) is 6.85. The molecule has 3 nitrogen and oxygen atoms in total. The Hall–Kier alpha value is -0.570. The molecule has 3 atom stereocenters. The number of hydrogen-bond donors (Lipinski definition) is 1. The molecule has 0 amide bonds. The maximum atomic E-state index is 11.6. The fourth-order valence-corrected chi connectivity index (χ4v) is 3.01. The molecule has 100 valence electrons. The van der Waals surface area contributed by atoms with Crippen molar-refractivity contribution in [3.63, 3.8) is 0 Å². The zero-order valence-electron chi connectivity index (χ0n) is 11.7. The van der Waals surface area contributed by atoms with Crippen molar-refractivity contribution in [3.05, 3.63) is 0 Å². The van der Waals surface area contributed by atoms with E-state index in [9.17, 15) is 9.90 Å². The topological polar surface area (TPSA) is 40.5 Å². The van der Waals surface area contributed by atoms with Gasteiger partial charge >= 0.3 is 5.97 Å². The highest BCUT2D eigenvalue weighted by molar-refractivity contribution is 5.75. The lowest BCUT2D eigenvalue weighted by Crippen LogP contribution is -2.47. The average Bonchev–Trinajstić information content (AvgIpc) is 2.27. The van der Waals surface area contributed by atoms with Crippen LogP contribution in [-0.4, -0.2) is 35.6 Å². The van der Waals surface area contributed by atoms with E-state index in [2.05, 4.69) is 32.7 Å². The standard InChI is InChI=1S/C14H27NO2/c1-5-12(3)15(4)10-14(13(16)17)8-6-7-11(2)9-14/h11-12H,5-10H2,1-4H3,(H,16,17). The molecule has 1 saturated carbocycles. The fourth-order valence-electron chi connectivity index (χ4n) is 3.01. The van der Waals surface area contributed by atoms with Crippen molar-refractivity contribution in [1.82, 2.24) is 4.90 Å². The van der Waals surface area contributed by atoms with Crippen molar-refractivity contribution in [1.29, 1.82) is 0 Å². The summed E-state index contributed by atoms with van der Waals surface area (Å²) in [5.74, 6) is -0.0515.